The molecule has 1 aliphatic heterocycles. The lowest BCUT2D eigenvalue weighted by Crippen LogP contribution is -2.30. The maximum Gasteiger partial charge on any atom is 0.123 e. The van der Waals surface area contributed by atoms with Crippen molar-refractivity contribution in [2.45, 2.75) is 6.42 Å². The fraction of sp³-hybridized carbons (Fsp3) is 0.357. The summed E-state index contributed by atoms with van der Waals surface area (Å²) >= 11 is 0. The predicted octanol–water partition coefficient (Wildman–Crippen LogP) is 2.44. The quantitative estimate of drug-likeness (QED) is 0.796. The summed E-state index contributed by atoms with van der Waals surface area (Å²) in [6, 6.07) is 8.01. The topological polar surface area (TPSA) is 24.8 Å². The number of hydrogen-bond acceptors (Lipinski definition) is 3. The number of nitrogens with zero attached hydrogens (tertiary/aromatic N) is 2. The van der Waals surface area contributed by atoms with E-state index in [1.807, 2.05) is 24.3 Å². The highest BCUT2D eigenvalue weighted by Gasteiger charge is 2.06. The molecular formula is C14H18N2O. The minimum absolute atomic E-state index is 0.884. The van der Waals surface area contributed by atoms with Crippen LogP contribution in [-0.4, -0.2) is 38.0 Å². The fourth-order valence-electron chi connectivity index (χ4n) is 1.80. The average molecular weight is 230 g/mol. The van der Waals surface area contributed by atoms with Gasteiger partial charge >= 0.3 is 0 Å². The van der Waals surface area contributed by atoms with E-state index < -0.39 is 0 Å². The zero-order chi connectivity index (χ0) is 12.1. The lowest BCUT2D eigenvalue weighted by atomic mass is 10.2. The van der Waals surface area contributed by atoms with Crippen LogP contribution in [0.4, 0.5) is 0 Å². The molecule has 3 nitrogen and oxygen atoms in total. The molecule has 1 aromatic rings. The van der Waals surface area contributed by atoms with Gasteiger partial charge in [-0.05, 0) is 30.2 Å². The Morgan fingerprint density at radius 2 is 2.00 bits per heavy atom. The molecule has 3 heteroatoms. The van der Waals surface area contributed by atoms with Gasteiger partial charge in [0.2, 0.25) is 0 Å². The van der Waals surface area contributed by atoms with E-state index in [1.54, 1.807) is 7.11 Å². The van der Waals surface area contributed by atoms with Crippen molar-refractivity contribution >= 4 is 11.9 Å². The number of ether oxygens (including phenoxy) is 1. The van der Waals surface area contributed by atoms with E-state index in [0.29, 0.717) is 0 Å². The normalized spacial score (nSPS) is 16.1. The Balaban J connectivity index is 2.06. The smallest absolute Gasteiger partial charge is 0.123 e. The van der Waals surface area contributed by atoms with Crippen LogP contribution in [0.2, 0.25) is 0 Å². The van der Waals surface area contributed by atoms with E-state index >= 15 is 0 Å². The second-order valence-electron chi connectivity index (χ2n) is 4.12. The number of amidine groups is 1. The Hall–Kier alpha value is -1.77. The summed E-state index contributed by atoms with van der Waals surface area (Å²) in [5.41, 5.74) is 1.16. The van der Waals surface area contributed by atoms with Crippen molar-refractivity contribution in [3.63, 3.8) is 0 Å². The zero-order valence-corrected chi connectivity index (χ0v) is 10.4. The number of benzene rings is 1. The summed E-state index contributed by atoms with van der Waals surface area (Å²) in [6.07, 6.45) is 5.30. The van der Waals surface area contributed by atoms with Crippen molar-refractivity contribution in [1.29, 1.82) is 0 Å². The van der Waals surface area contributed by atoms with Gasteiger partial charge in [0.05, 0.1) is 7.11 Å². The molecule has 0 atom stereocenters. The third-order valence-corrected chi connectivity index (χ3v) is 2.86. The van der Waals surface area contributed by atoms with Crippen LogP contribution >= 0.6 is 0 Å². The molecule has 0 radical (unpaired) electrons. The molecule has 0 N–H and O–H groups in total. The minimum Gasteiger partial charge on any atom is -0.497 e. The van der Waals surface area contributed by atoms with E-state index in [1.165, 1.54) is 0 Å². The van der Waals surface area contributed by atoms with E-state index in [2.05, 4.69) is 29.1 Å². The van der Waals surface area contributed by atoms with Gasteiger partial charge in [0, 0.05) is 20.1 Å². The second-order valence-corrected chi connectivity index (χ2v) is 4.12. The maximum absolute atomic E-state index is 5.12. The van der Waals surface area contributed by atoms with E-state index in [-0.39, 0.29) is 0 Å². The monoisotopic (exact) mass is 230 g/mol. The lowest BCUT2D eigenvalue weighted by Gasteiger charge is -2.22. The first-order chi connectivity index (χ1) is 8.29. The highest BCUT2D eigenvalue weighted by molar-refractivity contribution is 5.96. The molecule has 0 bridgehead atoms. The molecule has 0 fully saturated rings. The van der Waals surface area contributed by atoms with Gasteiger partial charge in [0.1, 0.15) is 11.6 Å². The third kappa shape index (κ3) is 3.09. The lowest BCUT2D eigenvalue weighted by molar-refractivity contribution is 0.415. The Morgan fingerprint density at radius 1 is 1.24 bits per heavy atom. The standard InChI is InChI=1S/C14H18N2O/c1-16-11-3-10-15-14(16)9-6-12-4-7-13(17-2)8-5-12/h4-9H,3,10-11H2,1-2H3/b9-6+. The SMILES string of the molecule is COc1ccc(/C=C/C2=NCCCN2C)cc1. The van der Waals surface area contributed by atoms with Gasteiger partial charge in [-0.3, -0.25) is 4.99 Å². The van der Waals surface area contributed by atoms with Gasteiger partial charge in [-0.1, -0.05) is 18.2 Å². The molecule has 0 saturated carbocycles. The van der Waals surface area contributed by atoms with Gasteiger partial charge < -0.3 is 9.64 Å². The molecule has 1 aliphatic rings. The number of likely N-dealkylation sites (N-methyl/N-ethyl adjacent to an activating group) is 1. The summed E-state index contributed by atoms with van der Waals surface area (Å²) in [4.78, 5) is 6.67. The fourth-order valence-corrected chi connectivity index (χ4v) is 1.80. The van der Waals surface area contributed by atoms with Crippen molar-refractivity contribution in [2.24, 2.45) is 4.99 Å². The van der Waals surface area contributed by atoms with Gasteiger partial charge in [0.15, 0.2) is 0 Å². The first kappa shape index (κ1) is 11.7. The van der Waals surface area contributed by atoms with Crippen LogP contribution in [0.25, 0.3) is 6.08 Å². The van der Waals surface area contributed by atoms with Crippen LogP contribution in [-0.2, 0) is 0 Å². The Morgan fingerprint density at radius 3 is 2.65 bits per heavy atom. The summed E-state index contributed by atoms with van der Waals surface area (Å²) in [6.45, 7) is 2.03. The Bertz CT molecular complexity index is 420. The molecule has 0 unspecified atom stereocenters. The highest BCUT2D eigenvalue weighted by atomic mass is 16.5. The van der Waals surface area contributed by atoms with Crippen LogP contribution in [0.5, 0.6) is 5.75 Å². The number of rotatable bonds is 3. The van der Waals surface area contributed by atoms with Crippen LogP contribution in [0, 0.1) is 0 Å². The van der Waals surface area contributed by atoms with Gasteiger partial charge in [-0.25, -0.2) is 0 Å². The zero-order valence-electron chi connectivity index (χ0n) is 10.4. The molecule has 0 aliphatic carbocycles. The summed E-state index contributed by atoms with van der Waals surface area (Å²) in [7, 11) is 3.76. The van der Waals surface area contributed by atoms with Gasteiger partial charge in [-0.15, -0.1) is 0 Å². The molecule has 17 heavy (non-hydrogen) atoms. The molecule has 1 aromatic carbocycles. The van der Waals surface area contributed by atoms with E-state index in [9.17, 15) is 0 Å². The summed E-state index contributed by atoms with van der Waals surface area (Å²) < 4.78 is 5.12. The second kappa shape index (κ2) is 5.53. The highest BCUT2D eigenvalue weighted by Crippen LogP contribution is 2.12. The van der Waals surface area contributed by atoms with Crippen molar-refractivity contribution in [2.75, 3.05) is 27.2 Å². The van der Waals surface area contributed by atoms with E-state index in [0.717, 1.165) is 36.7 Å². The van der Waals surface area contributed by atoms with Crippen LogP contribution in [0.1, 0.15) is 12.0 Å². The minimum atomic E-state index is 0.884. The molecule has 0 spiro atoms. The number of methoxy groups -OCH3 is 1. The molecule has 0 aromatic heterocycles. The maximum atomic E-state index is 5.12. The largest absolute Gasteiger partial charge is 0.497 e. The van der Waals surface area contributed by atoms with E-state index in [4.69, 9.17) is 4.74 Å². The first-order valence-corrected chi connectivity index (χ1v) is 5.87. The first-order valence-electron chi connectivity index (χ1n) is 5.87. The van der Waals surface area contributed by atoms with Crippen molar-refractivity contribution in [3.8, 4) is 5.75 Å². The molecule has 1 heterocycles. The Kier molecular flexibility index (Phi) is 3.81. The van der Waals surface area contributed by atoms with Gasteiger partial charge in [-0.2, -0.15) is 0 Å². The van der Waals surface area contributed by atoms with Crippen LogP contribution in [0.3, 0.4) is 0 Å². The number of hydrogen-bond donors (Lipinski definition) is 0. The molecular weight excluding hydrogens is 212 g/mol. The predicted molar refractivity (Wildman–Crippen MR) is 71.6 cm³/mol. The van der Waals surface area contributed by atoms with Crippen LogP contribution < -0.4 is 4.74 Å². The molecule has 90 valence electrons. The molecule has 0 amide bonds. The summed E-state index contributed by atoms with van der Waals surface area (Å²) in [5.74, 6) is 1.95. The van der Waals surface area contributed by atoms with Crippen molar-refractivity contribution in [3.05, 3.63) is 35.9 Å². The number of aliphatic imine (C=N–C) groups is 1. The molecule has 0 saturated heterocycles. The Labute approximate surface area is 102 Å². The van der Waals surface area contributed by atoms with Crippen molar-refractivity contribution < 1.29 is 4.74 Å². The molecule has 2 rings (SSSR count). The van der Waals surface area contributed by atoms with Crippen molar-refractivity contribution in [1.82, 2.24) is 4.90 Å². The third-order valence-electron chi connectivity index (χ3n) is 2.86. The average Bonchev–Trinajstić information content (AvgIpc) is 2.38. The summed E-state index contributed by atoms with van der Waals surface area (Å²) in [5, 5.41) is 0. The van der Waals surface area contributed by atoms with Crippen LogP contribution in [0.15, 0.2) is 35.3 Å². The van der Waals surface area contributed by atoms with Gasteiger partial charge in [0.25, 0.3) is 0 Å².